The number of carbonyl (C=O) groups is 1. The van der Waals surface area contributed by atoms with Crippen molar-refractivity contribution in [3.63, 3.8) is 0 Å². The second-order valence-electron chi connectivity index (χ2n) is 9.84. The van der Waals surface area contributed by atoms with E-state index < -0.39 is 15.4 Å². The minimum Gasteiger partial charge on any atom is -0.490 e. The number of sulfone groups is 1. The smallest absolute Gasteiger partial charge is 0.410 e. The maximum atomic E-state index is 12.3. The van der Waals surface area contributed by atoms with Crippen LogP contribution in [0.5, 0.6) is 0 Å². The molecule has 1 saturated heterocycles. The number of carbonyl (C=O) groups excluding carboxylic acids is 1. The van der Waals surface area contributed by atoms with Crippen LogP contribution in [0.1, 0.15) is 40.0 Å². The Bertz CT molecular complexity index is 1030. The second-order valence-corrected chi connectivity index (χ2v) is 11.9. The summed E-state index contributed by atoms with van der Waals surface area (Å²) >= 11 is 0. The van der Waals surface area contributed by atoms with Gasteiger partial charge in [-0.05, 0) is 75.4 Å². The first-order valence-electron chi connectivity index (χ1n) is 11.1. The number of hydrogen-bond donors (Lipinski definition) is 0. The molecule has 1 aromatic rings. The van der Waals surface area contributed by atoms with Gasteiger partial charge in [0, 0.05) is 44.2 Å². The first-order chi connectivity index (χ1) is 15.0. The molecular weight excluding hydrogens is 428 g/mol. The van der Waals surface area contributed by atoms with E-state index in [0.717, 1.165) is 37.3 Å². The summed E-state index contributed by atoms with van der Waals surface area (Å²) in [5.74, 6) is 1.36. The average molecular weight is 461 g/mol. The minimum absolute atomic E-state index is 0.137. The van der Waals surface area contributed by atoms with Gasteiger partial charge in [-0.15, -0.1) is 0 Å². The molecule has 7 nitrogen and oxygen atoms in total. The van der Waals surface area contributed by atoms with Crippen LogP contribution in [0.15, 0.2) is 52.8 Å². The van der Waals surface area contributed by atoms with Gasteiger partial charge in [0.2, 0.25) is 0 Å². The van der Waals surface area contributed by atoms with Crippen LogP contribution in [0.3, 0.4) is 0 Å². The highest BCUT2D eigenvalue weighted by Gasteiger charge is 2.36. The summed E-state index contributed by atoms with van der Waals surface area (Å²) in [7, 11) is -3.20. The van der Waals surface area contributed by atoms with Gasteiger partial charge in [0.25, 0.3) is 0 Å². The number of likely N-dealkylation sites (tertiary alicyclic amines) is 1. The molecule has 0 N–H and O–H groups in total. The van der Waals surface area contributed by atoms with Gasteiger partial charge in [0.05, 0.1) is 4.90 Å². The molecule has 1 atom stereocenters. The fraction of sp³-hybridized carbons (Fsp3) is 0.542. The molecule has 0 aromatic heterocycles. The number of piperidine rings is 1. The molecule has 0 radical (unpaired) electrons. The van der Waals surface area contributed by atoms with Crippen LogP contribution in [-0.2, 0) is 19.3 Å². The minimum atomic E-state index is -3.20. The van der Waals surface area contributed by atoms with Crippen molar-refractivity contribution in [3.05, 3.63) is 47.9 Å². The Balaban J connectivity index is 1.31. The summed E-state index contributed by atoms with van der Waals surface area (Å²) < 4.78 is 35.2. The van der Waals surface area contributed by atoms with Crippen LogP contribution in [0, 0.1) is 5.92 Å². The van der Waals surface area contributed by atoms with Gasteiger partial charge in [0.1, 0.15) is 17.5 Å². The van der Waals surface area contributed by atoms with Crippen molar-refractivity contribution in [1.29, 1.82) is 0 Å². The second kappa shape index (κ2) is 8.46. The zero-order chi connectivity index (χ0) is 23.1. The quantitative estimate of drug-likeness (QED) is 0.676. The molecule has 0 spiro atoms. The highest BCUT2D eigenvalue weighted by molar-refractivity contribution is 7.90. The number of allylic oxidation sites excluding steroid dienone is 1. The van der Waals surface area contributed by atoms with Crippen LogP contribution < -0.4 is 4.90 Å². The Labute approximate surface area is 190 Å². The van der Waals surface area contributed by atoms with Crippen LogP contribution in [-0.4, -0.2) is 57.0 Å². The van der Waals surface area contributed by atoms with E-state index in [1.165, 1.54) is 11.8 Å². The van der Waals surface area contributed by atoms with Crippen molar-refractivity contribution in [2.75, 3.05) is 30.8 Å². The molecule has 1 amide bonds. The molecular formula is C24H32N2O5S. The molecule has 1 unspecified atom stereocenters. The van der Waals surface area contributed by atoms with Gasteiger partial charge in [-0.25, -0.2) is 13.2 Å². The van der Waals surface area contributed by atoms with Crippen molar-refractivity contribution in [1.82, 2.24) is 4.90 Å². The van der Waals surface area contributed by atoms with Gasteiger partial charge in [0.15, 0.2) is 9.84 Å². The van der Waals surface area contributed by atoms with Gasteiger partial charge in [-0.1, -0.05) is 0 Å². The number of benzene rings is 1. The Hall–Kier alpha value is -2.48. The summed E-state index contributed by atoms with van der Waals surface area (Å²) in [6, 6.07) is 6.97. The molecule has 8 heteroatoms. The molecule has 0 saturated carbocycles. The van der Waals surface area contributed by atoms with Gasteiger partial charge < -0.3 is 19.3 Å². The largest absolute Gasteiger partial charge is 0.490 e. The number of amides is 1. The SMILES string of the molecule is CC(C)(C)OC(=O)N1CCC(C2CC3=C(C=CN(c4ccc(S(C)(=O)=O)cc4)C3)O2)CC1. The molecule has 0 aliphatic carbocycles. The fourth-order valence-electron chi connectivity index (χ4n) is 4.45. The standard InChI is InChI=1S/C24H32N2O5S/c1-24(2,3)31-23(27)25-12-9-17(10-13-25)22-15-18-16-26(14-11-21(18)30-22)19-5-7-20(8-6-19)32(4,28)29/h5-8,11,14,17,22H,9-10,12-13,15-16H2,1-4H3. The lowest BCUT2D eigenvalue weighted by atomic mass is 9.88. The summed E-state index contributed by atoms with van der Waals surface area (Å²) in [6.07, 6.45) is 7.80. The maximum absolute atomic E-state index is 12.3. The van der Waals surface area contributed by atoms with E-state index in [2.05, 4.69) is 4.90 Å². The normalized spacial score (nSPS) is 22.1. The lowest BCUT2D eigenvalue weighted by molar-refractivity contribution is 0.00724. The van der Waals surface area contributed by atoms with E-state index in [1.807, 2.05) is 45.2 Å². The van der Waals surface area contributed by atoms with Gasteiger partial charge >= 0.3 is 6.09 Å². The summed E-state index contributed by atoms with van der Waals surface area (Å²) in [6.45, 7) is 7.78. The summed E-state index contributed by atoms with van der Waals surface area (Å²) in [5.41, 5.74) is 1.74. The molecule has 32 heavy (non-hydrogen) atoms. The molecule has 0 bridgehead atoms. The van der Waals surface area contributed by atoms with Gasteiger partial charge in [-0.3, -0.25) is 0 Å². The lowest BCUT2D eigenvalue weighted by Crippen LogP contribution is -2.43. The topological polar surface area (TPSA) is 76.2 Å². The van der Waals surface area contributed by atoms with Crippen molar-refractivity contribution >= 4 is 21.6 Å². The average Bonchev–Trinajstić information content (AvgIpc) is 3.15. The molecule has 3 aliphatic rings. The van der Waals surface area contributed by atoms with Crippen molar-refractivity contribution in [3.8, 4) is 0 Å². The Morgan fingerprint density at radius 1 is 1.12 bits per heavy atom. The van der Waals surface area contributed by atoms with E-state index in [-0.39, 0.29) is 12.2 Å². The highest BCUT2D eigenvalue weighted by atomic mass is 32.2. The predicted molar refractivity (Wildman–Crippen MR) is 123 cm³/mol. The fourth-order valence-corrected chi connectivity index (χ4v) is 5.08. The molecule has 1 fully saturated rings. The molecule has 4 rings (SSSR count). The monoisotopic (exact) mass is 460 g/mol. The van der Waals surface area contributed by atoms with E-state index in [9.17, 15) is 13.2 Å². The third-order valence-electron chi connectivity index (χ3n) is 6.16. The molecule has 1 aromatic carbocycles. The van der Waals surface area contributed by atoms with E-state index in [4.69, 9.17) is 9.47 Å². The third-order valence-corrected chi connectivity index (χ3v) is 7.28. The van der Waals surface area contributed by atoms with Crippen molar-refractivity contribution < 1.29 is 22.7 Å². The maximum Gasteiger partial charge on any atom is 0.410 e. The highest BCUT2D eigenvalue weighted by Crippen LogP contribution is 2.38. The first-order valence-corrected chi connectivity index (χ1v) is 13.0. The van der Waals surface area contributed by atoms with Gasteiger partial charge in [-0.2, -0.15) is 0 Å². The number of rotatable bonds is 3. The predicted octanol–water partition coefficient (Wildman–Crippen LogP) is 4.11. The Morgan fingerprint density at radius 2 is 1.78 bits per heavy atom. The van der Waals surface area contributed by atoms with E-state index >= 15 is 0 Å². The number of ether oxygens (including phenoxy) is 2. The first kappa shape index (κ1) is 22.7. The third kappa shape index (κ3) is 5.11. The number of nitrogens with zero attached hydrogens (tertiary/aromatic N) is 2. The lowest BCUT2D eigenvalue weighted by Gasteiger charge is -2.35. The summed E-state index contributed by atoms with van der Waals surface area (Å²) in [4.78, 5) is 16.5. The summed E-state index contributed by atoms with van der Waals surface area (Å²) in [5, 5.41) is 0. The van der Waals surface area contributed by atoms with Crippen molar-refractivity contribution in [2.45, 2.75) is 56.6 Å². The molecule has 3 aliphatic heterocycles. The van der Waals surface area contributed by atoms with Crippen LogP contribution in [0.2, 0.25) is 0 Å². The van der Waals surface area contributed by atoms with E-state index in [0.29, 0.717) is 23.9 Å². The van der Waals surface area contributed by atoms with E-state index in [1.54, 1.807) is 17.0 Å². The zero-order valence-corrected chi connectivity index (χ0v) is 20.0. The van der Waals surface area contributed by atoms with Crippen LogP contribution >= 0.6 is 0 Å². The van der Waals surface area contributed by atoms with Crippen LogP contribution in [0.4, 0.5) is 10.5 Å². The Morgan fingerprint density at radius 3 is 2.38 bits per heavy atom. The molecule has 174 valence electrons. The number of anilines is 1. The zero-order valence-electron chi connectivity index (χ0n) is 19.2. The van der Waals surface area contributed by atoms with Crippen molar-refractivity contribution in [2.24, 2.45) is 5.92 Å². The van der Waals surface area contributed by atoms with Crippen LogP contribution in [0.25, 0.3) is 0 Å². The Kier molecular flexibility index (Phi) is 6.00. The molecule has 3 heterocycles. The number of hydrogen-bond acceptors (Lipinski definition) is 6.